The van der Waals surface area contributed by atoms with E-state index in [0.29, 0.717) is 12.0 Å². The van der Waals surface area contributed by atoms with Gasteiger partial charge >= 0.3 is 0 Å². The second-order valence-electron chi connectivity index (χ2n) is 4.06. The first-order chi connectivity index (χ1) is 6.11. The zero-order chi connectivity index (χ0) is 9.84. The van der Waals surface area contributed by atoms with Crippen LogP contribution in [0.25, 0.3) is 0 Å². The summed E-state index contributed by atoms with van der Waals surface area (Å²) < 4.78 is 0. The third-order valence-corrected chi connectivity index (χ3v) is 2.97. The number of nitrogens with zero attached hydrogens (tertiary/aromatic N) is 2. The van der Waals surface area contributed by atoms with E-state index in [9.17, 15) is 10.1 Å². The van der Waals surface area contributed by atoms with E-state index in [4.69, 9.17) is 0 Å². The molecular weight excluding hydrogens is 168 g/mol. The van der Waals surface area contributed by atoms with Gasteiger partial charge in [0.2, 0.25) is 0 Å². The molecule has 0 spiro atoms. The van der Waals surface area contributed by atoms with Gasteiger partial charge in [-0.2, -0.15) is 0 Å². The molecule has 4 nitrogen and oxygen atoms in total. The highest BCUT2D eigenvalue weighted by molar-refractivity contribution is 4.77. The highest BCUT2D eigenvalue weighted by Gasteiger charge is 2.26. The highest BCUT2D eigenvalue weighted by atomic mass is 16.6. The molecule has 4 heteroatoms. The van der Waals surface area contributed by atoms with Crippen LogP contribution in [0.5, 0.6) is 0 Å². The predicted octanol–water partition coefficient (Wildman–Crippen LogP) is 1.73. The lowest BCUT2D eigenvalue weighted by molar-refractivity contribution is -0.505. The van der Waals surface area contributed by atoms with E-state index >= 15 is 0 Å². The van der Waals surface area contributed by atoms with Crippen LogP contribution in [-0.2, 0) is 0 Å². The highest BCUT2D eigenvalue weighted by Crippen LogP contribution is 2.26. The first kappa shape index (κ1) is 10.4. The summed E-state index contributed by atoms with van der Waals surface area (Å²) in [5, 5.41) is 10.3. The second-order valence-corrected chi connectivity index (χ2v) is 4.06. The Hall–Kier alpha value is -0.640. The van der Waals surface area contributed by atoms with E-state index < -0.39 is 0 Å². The van der Waals surface area contributed by atoms with E-state index in [1.165, 1.54) is 19.3 Å². The summed E-state index contributed by atoms with van der Waals surface area (Å²) >= 11 is 0. The van der Waals surface area contributed by atoms with Crippen molar-refractivity contribution in [1.29, 1.82) is 0 Å². The molecule has 0 bridgehead atoms. The molecule has 0 heterocycles. The topological polar surface area (TPSA) is 46.4 Å². The molecule has 1 aliphatic carbocycles. The van der Waals surface area contributed by atoms with Gasteiger partial charge in [0.1, 0.15) is 0 Å². The van der Waals surface area contributed by atoms with E-state index in [2.05, 4.69) is 6.92 Å². The predicted molar refractivity (Wildman–Crippen MR) is 51.0 cm³/mol. The average Bonchev–Trinajstić information content (AvgIpc) is 2.03. The maximum Gasteiger partial charge on any atom is 0.259 e. The zero-order valence-electron chi connectivity index (χ0n) is 8.40. The van der Waals surface area contributed by atoms with Crippen molar-refractivity contribution in [2.24, 2.45) is 5.92 Å². The first-order valence-corrected chi connectivity index (χ1v) is 4.93. The van der Waals surface area contributed by atoms with Crippen LogP contribution in [-0.4, -0.2) is 29.6 Å². The standard InChI is InChI=1S/C9H18N2O2/c1-8-5-3-4-6-9(8)10(2)7-11(12)13/h8-9H,3-7H2,1-2H3. The number of hydrogen-bond acceptors (Lipinski definition) is 3. The molecule has 2 atom stereocenters. The van der Waals surface area contributed by atoms with Gasteiger partial charge in [-0.3, -0.25) is 10.1 Å². The first-order valence-electron chi connectivity index (χ1n) is 4.93. The Morgan fingerprint density at radius 3 is 2.62 bits per heavy atom. The van der Waals surface area contributed by atoms with E-state index in [1.54, 1.807) is 0 Å². The lowest BCUT2D eigenvalue weighted by atomic mass is 9.85. The van der Waals surface area contributed by atoms with Crippen LogP contribution in [0, 0.1) is 16.0 Å². The minimum Gasteiger partial charge on any atom is -0.263 e. The number of nitro groups is 1. The van der Waals surface area contributed by atoms with Crippen molar-refractivity contribution in [3.8, 4) is 0 Å². The molecule has 0 radical (unpaired) electrons. The van der Waals surface area contributed by atoms with E-state index in [-0.39, 0.29) is 11.6 Å². The molecule has 2 unspecified atom stereocenters. The monoisotopic (exact) mass is 186 g/mol. The Kier molecular flexibility index (Phi) is 3.66. The van der Waals surface area contributed by atoms with Gasteiger partial charge in [-0.05, 0) is 25.8 Å². The molecule has 0 amide bonds. The van der Waals surface area contributed by atoms with Crippen LogP contribution in [0.4, 0.5) is 0 Å². The third-order valence-electron chi connectivity index (χ3n) is 2.97. The molecule has 0 saturated heterocycles. The molecular formula is C9H18N2O2. The van der Waals surface area contributed by atoms with Crippen molar-refractivity contribution in [1.82, 2.24) is 4.90 Å². The molecule has 0 aliphatic heterocycles. The Balaban J connectivity index is 2.43. The zero-order valence-corrected chi connectivity index (χ0v) is 8.40. The van der Waals surface area contributed by atoms with E-state index in [0.717, 1.165) is 6.42 Å². The minimum atomic E-state index is -0.249. The fourth-order valence-electron chi connectivity index (χ4n) is 2.24. The maximum atomic E-state index is 10.3. The molecule has 0 N–H and O–H groups in total. The molecule has 1 saturated carbocycles. The van der Waals surface area contributed by atoms with Crippen LogP contribution in [0.2, 0.25) is 0 Å². The Morgan fingerprint density at radius 2 is 2.08 bits per heavy atom. The van der Waals surface area contributed by atoms with Gasteiger partial charge in [0.25, 0.3) is 6.67 Å². The van der Waals surface area contributed by atoms with Crippen LogP contribution < -0.4 is 0 Å². The van der Waals surface area contributed by atoms with Gasteiger partial charge in [0, 0.05) is 11.0 Å². The van der Waals surface area contributed by atoms with Crippen molar-refractivity contribution >= 4 is 0 Å². The quantitative estimate of drug-likeness (QED) is 0.383. The number of hydrogen-bond donors (Lipinski definition) is 0. The molecule has 0 aromatic rings. The SMILES string of the molecule is CC1CCCCC1N(C)C[N+](=O)[O-]. The fraction of sp³-hybridized carbons (Fsp3) is 1.00. The maximum absolute atomic E-state index is 10.3. The molecule has 1 rings (SSSR count). The fourth-order valence-corrected chi connectivity index (χ4v) is 2.24. The minimum absolute atomic E-state index is 0.0188. The van der Waals surface area contributed by atoms with Crippen molar-refractivity contribution in [2.75, 3.05) is 13.7 Å². The summed E-state index contributed by atoms with van der Waals surface area (Å²) in [5.74, 6) is 0.610. The van der Waals surface area contributed by atoms with Crippen LogP contribution in [0.1, 0.15) is 32.6 Å². The Labute approximate surface area is 79.1 Å². The largest absolute Gasteiger partial charge is 0.263 e. The smallest absolute Gasteiger partial charge is 0.259 e. The van der Waals surface area contributed by atoms with Gasteiger partial charge < -0.3 is 0 Å². The van der Waals surface area contributed by atoms with Crippen molar-refractivity contribution in [3.63, 3.8) is 0 Å². The van der Waals surface area contributed by atoms with Gasteiger partial charge in [-0.25, -0.2) is 4.90 Å². The summed E-state index contributed by atoms with van der Waals surface area (Å²) in [6.45, 7) is 2.18. The average molecular weight is 186 g/mol. The van der Waals surface area contributed by atoms with Crippen LogP contribution >= 0.6 is 0 Å². The normalized spacial score (nSPS) is 29.2. The van der Waals surface area contributed by atoms with E-state index in [1.807, 2.05) is 11.9 Å². The number of rotatable bonds is 3. The van der Waals surface area contributed by atoms with Crippen LogP contribution in [0.3, 0.4) is 0 Å². The van der Waals surface area contributed by atoms with Crippen LogP contribution in [0.15, 0.2) is 0 Å². The lowest BCUT2D eigenvalue weighted by Gasteiger charge is -2.33. The van der Waals surface area contributed by atoms with Gasteiger partial charge in [-0.15, -0.1) is 0 Å². The molecule has 13 heavy (non-hydrogen) atoms. The Bertz CT molecular complexity index is 184. The van der Waals surface area contributed by atoms with Crippen molar-refractivity contribution in [2.45, 2.75) is 38.6 Å². The summed E-state index contributed by atoms with van der Waals surface area (Å²) in [4.78, 5) is 12.0. The van der Waals surface area contributed by atoms with Gasteiger partial charge in [0.05, 0.1) is 0 Å². The molecule has 0 aromatic carbocycles. The second kappa shape index (κ2) is 4.56. The molecule has 1 aliphatic rings. The Morgan fingerprint density at radius 1 is 1.46 bits per heavy atom. The summed E-state index contributed by atoms with van der Waals surface area (Å²) in [6, 6.07) is 0.416. The lowest BCUT2D eigenvalue weighted by Crippen LogP contribution is -2.41. The van der Waals surface area contributed by atoms with Crippen molar-refractivity contribution in [3.05, 3.63) is 10.1 Å². The van der Waals surface area contributed by atoms with Crippen molar-refractivity contribution < 1.29 is 4.92 Å². The third kappa shape index (κ3) is 2.95. The summed E-state index contributed by atoms with van der Waals surface area (Å²) in [5.41, 5.74) is 0. The molecule has 0 aromatic heterocycles. The van der Waals surface area contributed by atoms with Gasteiger partial charge in [-0.1, -0.05) is 19.8 Å². The molecule has 1 fully saturated rings. The molecule has 76 valence electrons. The van der Waals surface area contributed by atoms with Gasteiger partial charge in [0.15, 0.2) is 0 Å². The summed E-state index contributed by atoms with van der Waals surface area (Å²) in [7, 11) is 1.86. The summed E-state index contributed by atoms with van der Waals surface area (Å²) in [6.07, 6.45) is 4.83.